The van der Waals surface area contributed by atoms with Crippen LogP contribution in [0.25, 0.3) is 5.57 Å². The van der Waals surface area contributed by atoms with Crippen LogP contribution in [-0.2, 0) is 4.79 Å². The number of hydrogen-bond donors (Lipinski definition) is 3. The summed E-state index contributed by atoms with van der Waals surface area (Å²) in [5, 5.41) is 9.15. The average molecular weight is 468 g/mol. The highest BCUT2D eigenvalue weighted by Crippen LogP contribution is 2.52. The maximum absolute atomic E-state index is 13.8. The molecule has 3 atom stereocenters. The number of benzene rings is 1. The second-order valence-corrected chi connectivity index (χ2v) is 9.54. The predicted molar refractivity (Wildman–Crippen MR) is 138 cm³/mol. The number of nitrogens with one attached hydrogen (secondary N) is 3. The molecule has 34 heavy (non-hydrogen) atoms. The summed E-state index contributed by atoms with van der Waals surface area (Å²) in [4.78, 5) is 30.4. The molecule has 3 amide bonds. The molecule has 7 nitrogen and oxygen atoms in total. The summed E-state index contributed by atoms with van der Waals surface area (Å²) in [5.74, 6) is -0.140. The normalized spacial score (nSPS) is 25.2. The topological polar surface area (TPSA) is 76.7 Å². The summed E-state index contributed by atoms with van der Waals surface area (Å²) in [6.07, 6.45) is 6.37. The van der Waals surface area contributed by atoms with Crippen LogP contribution in [0.5, 0.6) is 0 Å². The summed E-state index contributed by atoms with van der Waals surface area (Å²) in [5.41, 5.74) is 3.68. The van der Waals surface area contributed by atoms with E-state index in [0.717, 1.165) is 25.8 Å². The molecular formula is C27H41N5O2. The molecule has 2 aliphatic rings. The number of likely N-dealkylation sites (tertiary alicyclic amines) is 1. The Morgan fingerprint density at radius 1 is 1.29 bits per heavy atom. The van der Waals surface area contributed by atoms with Crippen molar-refractivity contribution in [2.45, 2.75) is 44.6 Å². The first-order valence-electron chi connectivity index (χ1n) is 12.5. The van der Waals surface area contributed by atoms with E-state index in [2.05, 4.69) is 64.8 Å². The molecule has 186 valence electrons. The van der Waals surface area contributed by atoms with Gasteiger partial charge in [-0.1, -0.05) is 30.3 Å². The lowest BCUT2D eigenvalue weighted by Crippen LogP contribution is -2.60. The van der Waals surface area contributed by atoms with Crippen molar-refractivity contribution in [2.75, 3.05) is 46.8 Å². The Hall–Kier alpha value is -2.64. The van der Waals surface area contributed by atoms with Crippen LogP contribution < -0.4 is 16.0 Å². The number of urea groups is 1. The van der Waals surface area contributed by atoms with E-state index in [1.807, 2.05) is 27.1 Å². The molecule has 1 aromatic rings. The van der Waals surface area contributed by atoms with Crippen LogP contribution in [0.3, 0.4) is 0 Å². The number of rotatable bonds is 9. The Morgan fingerprint density at radius 2 is 2.06 bits per heavy atom. The van der Waals surface area contributed by atoms with Gasteiger partial charge in [0.1, 0.15) is 0 Å². The zero-order chi connectivity index (χ0) is 24.7. The van der Waals surface area contributed by atoms with Gasteiger partial charge < -0.3 is 16.0 Å². The van der Waals surface area contributed by atoms with E-state index in [-0.39, 0.29) is 29.3 Å². The number of fused-ring (bicyclic) bond motifs is 3. The number of carbonyl (C=O) groups is 2. The number of carbonyl (C=O) groups excluding carboxylic acids is 2. The molecule has 3 rings (SSSR count). The van der Waals surface area contributed by atoms with Crippen molar-refractivity contribution < 1.29 is 9.59 Å². The van der Waals surface area contributed by atoms with E-state index < -0.39 is 0 Å². The lowest BCUT2D eigenvalue weighted by molar-refractivity contribution is -0.136. The maximum Gasteiger partial charge on any atom is 0.324 e. The summed E-state index contributed by atoms with van der Waals surface area (Å²) in [7, 11) is 3.82. The first kappa shape index (κ1) is 26.0. The Kier molecular flexibility index (Phi) is 8.91. The highest BCUT2D eigenvalue weighted by molar-refractivity contribution is 5.96. The third kappa shape index (κ3) is 5.20. The van der Waals surface area contributed by atoms with Crippen LogP contribution >= 0.6 is 0 Å². The van der Waals surface area contributed by atoms with Crippen molar-refractivity contribution in [3.8, 4) is 0 Å². The van der Waals surface area contributed by atoms with Crippen molar-refractivity contribution in [2.24, 2.45) is 5.92 Å². The lowest BCUT2D eigenvalue weighted by Gasteiger charge is -2.55. The first-order chi connectivity index (χ1) is 16.4. The van der Waals surface area contributed by atoms with Gasteiger partial charge in [0.15, 0.2) is 0 Å². The number of amides is 3. The van der Waals surface area contributed by atoms with E-state index in [0.29, 0.717) is 26.2 Å². The third-order valence-corrected chi connectivity index (χ3v) is 7.33. The molecule has 0 radical (unpaired) electrons. The number of imide groups is 1. The highest BCUT2D eigenvalue weighted by Gasteiger charge is 2.51. The standard InChI is InChI=1S/C27H41N5O2/c1-6-14-31-19-20(25(33)32(15-10-13-28-4)26(34)30-7-2)16-24-23-12-9-8-11-22(23)21(18-29-5)17-27(24,31)3/h6,8-9,11-12,18,20,24,28-29H,1,7,10,13-17,19H2,2-5H3,(H,30,34)/b21-18-/t20-,24?,27-/m1/s1. The molecule has 0 aromatic heterocycles. The fourth-order valence-corrected chi connectivity index (χ4v) is 5.69. The molecule has 1 fully saturated rings. The fourth-order valence-electron chi connectivity index (χ4n) is 5.69. The molecule has 1 aromatic carbocycles. The Balaban J connectivity index is 1.97. The van der Waals surface area contributed by atoms with Crippen LogP contribution in [0.1, 0.15) is 50.2 Å². The summed E-state index contributed by atoms with van der Waals surface area (Å²) >= 11 is 0. The van der Waals surface area contributed by atoms with E-state index in [4.69, 9.17) is 0 Å². The van der Waals surface area contributed by atoms with E-state index in [1.54, 1.807) is 0 Å². The van der Waals surface area contributed by atoms with Crippen LogP contribution in [0.15, 0.2) is 43.1 Å². The molecule has 0 spiro atoms. The van der Waals surface area contributed by atoms with E-state index >= 15 is 0 Å². The first-order valence-corrected chi connectivity index (χ1v) is 12.5. The van der Waals surface area contributed by atoms with Crippen molar-refractivity contribution in [1.29, 1.82) is 0 Å². The van der Waals surface area contributed by atoms with Crippen molar-refractivity contribution in [3.63, 3.8) is 0 Å². The molecule has 1 saturated heterocycles. The predicted octanol–water partition coefficient (Wildman–Crippen LogP) is 3.17. The molecule has 0 saturated carbocycles. The Bertz CT molecular complexity index is 914. The van der Waals surface area contributed by atoms with Crippen LogP contribution in [0, 0.1) is 5.92 Å². The molecule has 0 bridgehead atoms. The monoisotopic (exact) mass is 467 g/mol. The minimum atomic E-state index is -0.296. The van der Waals surface area contributed by atoms with Crippen molar-refractivity contribution >= 4 is 17.5 Å². The molecule has 1 aliphatic heterocycles. The average Bonchev–Trinajstić information content (AvgIpc) is 2.82. The van der Waals surface area contributed by atoms with Gasteiger partial charge in [-0.05, 0) is 63.4 Å². The van der Waals surface area contributed by atoms with Crippen molar-refractivity contribution in [3.05, 3.63) is 54.2 Å². The molecule has 3 N–H and O–H groups in total. The van der Waals surface area contributed by atoms with E-state index in [1.165, 1.54) is 21.6 Å². The van der Waals surface area contributed by atoms with Gasteiger partial charge in [0.25, 0.3) is 0 Å². The second kappa shape index (κ2) is 11.7. The fraction of sp³-hybridized carbons (Fsp3) is 0.556. The quantitative estimate of drug-likeness (QED) is 0.384. The van der Waals surface area contributed by atoms with Crippen LogP contribution in [-0.4, -0.2) is 74.1 Å². The van der Waals surface area contributed by atoms with Gasteiger partial charge in [0.2, 0.25) is 5.91 Å². The van der Waals surface area contributed by atoms with Gasteiger partial charge >= 0.3 is 6.03 Å². The highest BCUT2D eigenvalue weighted by atomic mass is 16.2. The lowest BCUT2D eigenvalue weighted by atomic mass is 9.62. The number of nitrogens with zero attached hydrogens (tertiary/aromatic N) is 2. The number of hydrogen-bond acceptors (Lipinski definition) is 5. The zero-order valence-corrected chi connectivity index (χ0v) is 21.2. The molecule has 1 unspecified atom stereocenters. The van der Waals surface area contributed by atoms with E-state index in [9.17, 15) is 9.59 Å². The van der Waals surface area contributed by atoms with Gasteiger partial charge in [-0.2, -0.15) is 0 Å². The SMILES string of the molecule is C=CCN1C[C@H](C(=O)N(CCCNC)C(=O)NCC)CC2c3ccccc3/C(=C\NC)C[C@]21C. The zero-order valence-electron chi connectivity index (χ0n) is 21.2. The molecule has 1 aliphatic carbocycles. The Labute approximate surface area is 204 Å². The Morgan fingerprint density at radius 3 is 2.74 bits per heavy atom. The minimum Gasteiger partial charge on any atom is -0.394 e. The van der Waals surface area contributed by atoms with Gasteiger partial charge in [-0.3, -0.25) is 14.6 Å². The summed E-state index contributed by atoms with van der Waals surface area (Å²) < 4.78 is 0. The minimum absolute atomic E-state index is 0.0767. The maximum atomic E-state index is 13.8. The van der Waals surface area contributed by atoms with Crippen LogP contribution in [0.4, 0.5) is 4.79 Å². The second-order valence-electron chi connectivity index (χ2n) is 9.54. The largest absolute Gasteiger partial charge is 0.394 e. The van der Waals surface area contributed by atoms with Gasteiger partial charge in [0.05, 0.1) is 5.92 Å². The van der Waals surface area contributed by atoms with Crippen LogP contribution in [0.2, 0.25) is 0 Å². The molecular weight excluding hydrogens is 426 g/mol. The smallest absolute Gasteiger partial charge is 0.324 e. The van der Waals surface area contributed by atoms with Gasteiger partial charge in [-0.25, -0.2) is 4.79 Å². The summed E-state index contributed by atoms with van der Waals surface area (Å²) in [6, 6.07) is 8.25. The summed E-state index contributed by atoms with van der Waals surface area (Å²) in [6.45, 7) is 11.2. The third-order valence-electron chi connectivity index (χ3n) is 7.33. The van der Waals surface area contributed by atoms with Gasteiger partial charge in [-0.15, -0.1) is 6.58 Å². The molecule has 7 heteroatoms. The van der Waals surface area contributed by atoms with Gasteiger partial charge in [0, 0.05) is 50.9 Å². The molecule has 1 heterocycles. The van der Waals surface area contributed by atoms with Crippen molar-refractivity contribution in [1.82, 2.24) is 25.8 Å². The number of piperidine rings is 1.